The van der Waals surface area contributed by atoms with Gasteiger partial charge in [-0.2, -0.15) is 0 Å². The van der Waals surface area contributed by atoms with E-state index in [1.54, 1.807) is 16.7 Å². The number of nitrogens with two attached hydrogens (primary N) is 1. The van der Waals surface area contributed by atoms with Gasteiger partial charge < -0.3 is 10.3 Å². The summed E-state index contributed by atoms with van der Waals surface area (Å²) in [5, 5.41) is 0. The lowest BCUT2D eigenvalue weighted by molar-refractivity contribution is 0.716. The Bertz CT molecular complexity index is 558. The highest BCUT2D eigenvalue weighted by Crippen LogP contribution is 2.07. The van der Waals surface area contributed by atoms with Gasteiger partial charge >= 0.3 is 0 Å². The summed E-state index contributed by atoms with van der Waals surface area (Å²) >= 11 is 0. The molecular formula is C14H16N2O. The highest BCUT2D eigenvalue weighted by molar-refractivity contribution is 5.22. The van der Waals surface area contributed by atoms with Crippen molar-refractivity contribution in [1.82, 2.24) is 4.57 Å². The van der Waals surface area contributed by atoms with Gasteiger partial charge in [0.15, 0.2) is 0 Å². The molecule has 0 radical (unpaired) electrons. The monoisotopic (exact) mass is 228 g/mol. The summed E-state index contributed by atoms with van der Waals surface area (Å²) in [4.78, 5) is 11.8. The Hall–Kier alpha value is -1.87. The van der Waals surface area contributed by atoms with E-state index in [1.165, 1.54) is 0 Å². The van der Waals surface area contributed by atoms with Gasteiger partial charge in [-0.05, 0) is 18.1 Å². The molecule has 88 valence electrons. The van der Waals surface area contributed by atoms with E-state index >= 15 is 0 Å². The van der Waals surface area contributed by atoms with Crippen LogP contribution in [0, 0.1) is 6.92 Å². The maximum Gasteiger partial charge on any atom is 0.251 e. The Balaban J connectivity index is 2.42. The van der Waals surface area contributed by atoms with Gasteiger partial charge in [-0.15, -0.1) is 0 Å². The van der Waals surface area contributed by atoms with Crippen LogP contribution in [0.15, 0.2) is 47.3 Å². The number of hydrogen-bond acceptors (Lipinski definition) is 2. The Morgan fingerprint density at radius 3 is 2.47 bits per heavy atom. The number of benzene rings is 1. The molecule has 0 spiro atoms. The van der Waals surface area contributed by atoms with Crippen molar-refractivity contribution in [1.29, 1.82) is 0 Å². The predicted octanol–water partition coefficient (Wildman–Crippen LogP) is 1.66. The highest BCUT2D eigenvalue weighted by atomic mass is 16.1. The van der Waals surface area contributed by atoms with E-state index in [-0.39, 0.29) is 5.56 Å². The molecule has 3 heteroatoms. The van der Waals surface area contributed by atoms with Crippen molar-refractivity contribution in [3.8, 4) is 0 Å². The second kappa shape index (κ2) is 4.97. The summed E-state index contributed by atoms with van der Waals surface area (Å²) < 4.78 is 1.76. The molecule has 0 bridgehead atoms. The van der Waals surface area contributed by atoms with Crippen molar-refractivity contribution >= 4 is 0 Å². The fourth-order valence-corrected chi connectivity index (χ4v) is 1.90. The topological polar surface area (TPSA) is 48.0 Å². The van der Waals surface area contributed by atoms with Gasteiger partial charge in [-0.3, -0.25) is 4.79 Å². The smallest absolute Gasteiger partial charge is 0.251 e. The van der Waals surface area contributed by atoms with E-state index in [4.69, 9.17) is 5.73 Å². The zero-order chi connectivity index (χ0) is 12.3. The standard InChI is InChI=1S/C14H16N2O/c1-11-13(9-15)7-8-14(17)16(11)10-12-5-3-2-4-6-12/h2-8H,9-10,15H2,1H3. The largest absolute Gasteiger partial charge is 0.326 e. The van der Waals surface area contributed by atoms with Crippen LogP contribution in [0.1, 0.15) is 16.8 Å². The normalized spacial score (nSPS) is 10.5. The summed E-state index contributed by atoms with van der Waals surface area (Å²) in [5.41, 5.74) is 8.74. The molecule has 2 aromatic rings. The summed E-state index contributed by atoms with van der Waals surface area (Å²) in [7, 11) is 0. The van der Waals surface area contributed by atoms with Crippen LogP contribution in [-0.4, -0.2) is 4.57 Å². The van der Waals surface area contributed by atoms with Gasteiger partial charge in [-0.25, -0.2) is 0 Å². The summed E-state index contributed by atoms with van der Waals surface area (Å²) in [6.07, 6.45) is 0. The number of aromatic nitrogens is 1. The van der Waals surface area contributed by atoms with Crippen molar-refractivity contribution in [3.63, 3.8) is 0 Å². The third-order valence-electron chi connectivity index (χ3n) is 2.97. The number of hydrogen-bond donors (Lipinski definition) is 1. The van der Waals surface area contributed by atoms with Crippen molar-refractivity contribution in [2.75, 3.05) is 0 Å². The van der Waals surface area contributed by atoms with Crippen LogP contribution in [-0.2, 0) is 13.1 Å². The fourth-order valence-electron chi connectivity index (χ4n) is 1.90. The SMILES string of the molecule is Cc1c(CN)ccc(=O)n1Cc1ccccc1. The Labute approximate surface area is 101 Å². The summed E-state index contributed by atoms with van der Waals surface area (Å²) in [6.45, 7) is 2.99. The van der Waals surface area contributed by atoms with Gasteiger partial charge in [0.1, 0.15) is 0 Å². The maximum atomic E-state index is 11.8. The molecule has 17 heavy (non-hydrogen) atoms. The predicted molar refractivity (Wildman–Crippen MR) is 68.9 cm³/mol. The third-order valence-corrected chi connectivity index (χ3v) is 2.97. The van der Waals surface area contributed by atoms with Crippen molar-refractivity contribution in [2.45, 2.75) is 20.0 Å². The van der Waals surface area contributed by atoms with Crippen LogP contribution in [0.5, 0.6) is 0 Å². The molecule has 0 aliphatic heterocycles. The second-order valence-electron chi connectivity index (χ2n) is 4.06. The lowest BCUT2D eigenvalue weighted by Crippen LogP contribution is -2.24. The highest BCUT2D eigenvalue weighted by Gasteiger charge is 2.05. The molecule has 0 unspecified atom stereocenters. The van der Waals surface area contributed by atoms with Crippen molar-refractivity contribution < 1.29 is 0 Å². The van der Waals surface area contributed by atoms with E-state index in [1.807, 2.05) is 37.3 Å². The first-order valence-corrected chi connectivity index (χ1v) is 5.65. The minimum Gasteiger partial charge on any atom is -0.326 e. The summed E-state index contributed by atoms with van der Waals surface area (Å²) in [6, 6.07) is 13.3. The van der Waals surface area contributed by atoms with Crippen LogP contribution in [0.25, 0.3) is 0 Å². The van der Waals surface area contributed by atoms with Crippen molar-refractivity contribution in [2.24, 2.45) is 5.73 Å². The molecule has 1 aromatic heterocycles. The zero-order valence-corrected chi connectivity index (χ0v) is 9.89. The van der Waals surface area contributed by atoms with E-state index in [0.29, 0.717) is 13.1 Å². The molecule has 2 N–H and O–H groups in total. The molecule has 0 aliphatic rings. The van der Waals surface area contributed by atoms with E-state index in [2.05, 4.69) is 0 Å². The van der Waals surface area contributed by atoms with Gasteiger partial charge in [0.25, 0.3) is 5.56 Å². The van der Waals surface area contributed by atoms with E-state index < -0.39 is 0 Å². The maximum absolute atomic E-state index is 11.8. The van der Waals surface area contributed by atoms with Crippen LogP contribution < -0.4 is 11.3 Å². The number of pyridine rings is 1. The summed E-state index contributed by atoms with van der Waals surface area (Å²) in [5.74, 6) is 0. The molecular weight excluding hydrogens is 212 g/mol. The van der Waals surface area contributed by atoms with Gasteiger partial charge in [0, 0.05) is 18.3 Å². The van der Waals surface area contributed by atoms with Crippen LogP contribution in [0.4, 0.5) is 0 Å². The molecule has 3 nitrogen and oxygen atoms in total. The second-order valence-corrected chi connectivity index (χ2v) is 4.06. The van der Waals surface area contributed by atoms with E-state index in [9.17, 15) is 4.79 Å². The Morgan fingerprint density at radius 2 is 1.82 bits per heavy atom. The number of rotatable bonds is 3. The van der Waals surface area contributed by atoms with Crippen LogP contribution in [0.2, 0.25) is 0 Å². The molecule has 0 atom stereocenters. The van der Waals surface area contributed by atoms with E-state index in [0.717, 1.165) is 16.8 Å². The average Bonchev–Trinajstić information content (AvgIpc) is 2.36. The quantitative estimate of drug-likeness (QED) is 0.868. The van der Waals surface area contributed by atoms with Crippen LogP contribution >= 0.6 is 0 Å². The average molecular weight is 228 g/mol. The lowest BCUT2D eigenvalue weighted by Gasteiger charge is -2.12. The van der Waals surface area contributed by atoms with Gasteiger partial charge in [0.2, 0.25) is 0 Å². The fraction of sp³-hybridized carbons (Fsp3) is 0.214. The third kappa shape index (κ3) is 2.45. The van der Waals surface area contributed by atoms with Gasteiger partial charge in [-0.1, -0.05) is 36.4 Å². The lowest BCUT2D eigenvalue weighted by atomic mass is 10.1. The zero-order valence-electron chi connectivity index (χ0n) is 9.89. The first-order chi connectivity index (χ1) is 8.22. The molecule has 2 rings (SSSR count). The Kier molecular flexibility index (Phi) is 3.40. The van der Waals surface area contributed by atoms with Crippen molar-refractivity contribution in [3.05, 3.63) is 69.6 Å². The molecule has 1 aromatic carbocycles. The van der Waals surface area contributed by atoms with Gasteiger partial charge in [0.05, 0.1) is 6.54 Å². The molecule has 0 saturated carbocycles. The minimum atomic E-state index is 0.0172. The molecule has 1 heterocycles. The first-order valence-electron chi connectivity index (χ1n) is 5.65. The first kappa shape index (κ1) is 11.6. The minimum absolute atomic E-state index is 0.0172. The number of nitrogens with zero attached hydrogens (tertiary/aromatic N) is 1. The molecule has 0 amide bonds. The Morgan fingerprint density at radius 1 is 1.12 bits per heavy atom. The molecule has 0 saturated heterocycles. The molecule has 0 aliphatic carbocycles. The molecule has 0 fully saturated rings. The van der Waals surface area contributed by atoms with Crippen LogP contribution in [0.3, 0.4) is 0 Å².